The molecular formula is C28H17ClO. The van der Waals surface area contributed by atoms with Gasteiger partial charge in [0.25, 0.3) is 0 Å². The Morgan fingerprint density at radius 2 is 1.27 bits per heavy atom. The van der Waals surface area contributed by atoms with Crippen LogP contribution in [-0.4, -0.2) is 0 Å². The van der Waals surface area contributed by atoms with Gasteiger partial charge in [-0.25, -0.2) is 0 Å². The zero-order chi connectivity index (χ0) is 20.1. The SMILES string of the molecule is Clc1cccc(-c2cccc3c2oc2cc4ccccc4cc23)c1-c1ccccc1. The Balaban J connectivity index is 1.69. The normalized spacial score (nSPS) is 11.5. The predicted octanol–water partition coefficient (Wildman–Crippen LogP) is 8.73. The van der Waals surface area contributed by atoms with Crippen molar-refractivity contribution in [1.82, 2.24) is 0 Å². The van der Waals surface area contributed by atoms with Gasteiger partial charge in [-0.05, 0) is 40.1 Å². The van der Waals surface area contributed by atoms with E-state index in [0.717, 1.165) is 49.2 Å². The summed E-state index contributed by atoms with van der Waals surface area (Å²) in [5, 5.41) is 5.38. The topological polar surface area (TPSA) is 13.1 Å². The van der Waals surface area contributed by atoms with Crippen LogP contribution in [0.3, 0.4) is 0 Å². The molecule has 1 heterocycles. The molecule has 142 valence electrons. The van der Waals surface area contributed by atoms with Crippen LogP contribution >= 0.6 is 11.6 Å². The molecule has 0 aliphatic heterocycles. The molecule has 0 unspecified atom stereocenters. The van der Waals surface area contributed by atoms with E-state index in [2.05, 4.69) is 72.8 Å². The average molecular weight is 405 g/mol. The second-order valence-corrected chi connectivity index (χ2v) is 7.92. The van der Waals surface area contributed by atoms with Crippen LogP contribution in [0.4, 0.5) is 0 Å². The van der Waals surface area contributed by atoms with Gasteiger partial charge in [-0.2, -0.15) is 0 Å². The highest BCUT2D eigenvalue weighted by Crippen LogP contribution is 2.42. The van der Waals surface area contributed by atoms with Gasteiger partial charge < -0.3 is 4.42 Å². The van der Waals surface area contributed by atoms with Crippen molar-refractivity contribution in [3.63, 3.8) is 0 Å². The summed E-state index contributed by atoms with van der Waals surface area (Å²) in [6.07, 6.45) is 0. The van der Waals surface area contributed by atoms with Crippen molar-refractivity contribution in [1.29, 1.82) is 0 Å². The van der Waals surface area contributed by atoms with E-state index in [0.29, 0.717) is 0 Å². The zero-order valence-corrected chi connectivity index (χ0v) is 16.9. The summed E-state index contributed by atoms with van der Waals surface area (Å²) in [6, 6.07) is 35.4. The third-order valence-electron chi connectivity index (χ3n) is 5.73. The lowest BCUT2D eigenvalue weighted by Gasteiger charge is -2.12. The smallest absolute Gasteiger partial charge is 0.143 e. The molecule has 0 amide bonds. The van der Waals surface area contributed by atoms with Crippen LogP contribution in [0, 0.1) is 0 Å². The second-order valence-electron chi connectivity index (χ2n) is 7.51. The minimum atomic E-state index is 0.734. The molecule has 0 N–H and O–H groups in total. The highest BCUT2D eigenvalue weighted by atomic mass is 35.5. The zero-order valence-electron chi connectivity index (χ0n) is 16.1. The Morgan fingerprint density at radius 1 is 0.567 bits per heavy atom. The van der Waals surface area contributed by atoms with E-state index in [1.54, 1.807) is 0 Å². The number of furan rings is 1. The maximum Gasteiger partial charge on any atom is 0.143 e. The molecule has 2 heteroatoms. The highest BCUT2D eigenvalue weighted by molar-refractivity contribution is 6.34. The van der Waals surface area contributed by atoms with E-state index in [1.807, 2.05) is 30.3 Å². The molecule has 6 rings (SSSR count). The van der Waals surface area contributed by atoms with Crippen molar-refractivity contribution in [2.75, 3.05) is 0 Å². The van der Waals surface area contributed by atoms with Gasteiger partial charge in [0.05, 0.1) is 0 Å². The lowest BCUT2D eigenvalue weighted by molar-refractivity contribution is 0.670. The highest BCUT2D eigenvalue weighted by Gasteiger charge is 2.17. The van der Waals surface area contributed by atoms with E-state index in [-0.39, 0.29) is 0 Å². The lowest BCUT2D eigenvalue weighted by atomic mass is 9.93. The molecule has 0 saturated heterocycles. The molecule has 5 aromatic carbocycles. The molecular weight excluding hydrogens is 388 g/mol. The molecule has 6 aromatic rings. The third-order valence-corrected chi connectivity index (χ3v) is 6.05. The van der Waals surface area contributed by atoms with Crippen LogP contribution in [0.25, 0.3) is 55.0 Å². The van der Waals surface area contributed by atoms with Crippen LogP contribution in [0.1, 0.15) is 0 Å². The second kappa shape index (κ2) is 6.76. The molecule has 0 atom stereocenters. The minimum Gasteiger partial charge on any atom is -0.455 e. The molecule has 0 spiro atoms. The summed E-state index contributed by atoms with van der Waals surface area (Å²) >= 11 is 6.68. The number of rotatable bonds is 2. The van der Waals surface area contributed by atoms with Crippen LogP contribution < -0.4 is 0 Å². The van der Waals surface area contributed by atoms with Crippen molar-refractivity contribution in [2.45, 2.75) is 0 Å². The van der Waals surface area contributed by atoms with Crippen LogP contribution in [0.15, 0.2) is 108 Å². The number of halogens is 1. The average Bonchev–Trinajstić information content (AvgIpc) is 3.15. The van der Waals surface area contributed by atoms with Gasteiger partial charge in [-0.3, -0.25) is 0 Å². The van der Waals surface area contributed by atoms with E-state index in [9.17, 15) is 0 Å². The monoisotopic (exact) mass is 404 g/mol. The number of para-hydroxylation sites is 1. The van der Waals surface area contributed by atoms with Gasteiger partial charge in [0.1, 0.15) is 11.2 Å². The molecule has 1 aromatic heterocycles. The Labute approximate surface area is 179 Å². The molecule has 0 bridgehead atoms. The summed E-state index contributed by atoms with van der Waals surface area (Å²) in [6.45, 7) is 0. The minimum absolute atomic E-state index is 0.734. The predicted molar refractivity (Wildman–Crippen MR) is 127 cm³/mol. The summed E-state index contributed by atoms with van der Waals surface area (Å²) in [4.78, 5) is 0. The van der Waals surface area contributed by atoms with Crippen molar-refractivity contribution < 1.29 is 4.42 Å². The van der Waals surface area contributed by atoms with E-state index in [1.165, 1.54) is 10.8 Å². The van der Waals surface area contributed by atoms with E-state index in [4.69, 9.17) is 16.0 Å². The van der Waals surface area contributed by atoms with Crippen molar-refractivity contribution in [2.24, 2.45) is 0 Å². The van der Waals surface area contributed by atoms with Gasteiger partial charge in [0.15, 0.2) is 0 Å². The van der Waals surface area contributed by atoms with Gasteiger partial charge in [0.2, 0.25) is 0 Å². The summed E-state index contributed by atoms with van der Waals surface area (Å²) in [7, 11) is 0. The largest absolute Gasteiger partial charge is 0.455 e. The van der Waals surface area contributed by atoms with Crippen LogP contribution in [0.5, 0.6) is 0 Å². The van der Waals surface area contributed by atoms with E-state index >= 15 is 0 Å². The Morgan fingerprint density at radius 3 is 2.10 bits per heavy atom. The van der Waals surface area contributed by atoms with Gasteiger partial charge in [-0.1, -0.05) is 96.5 Å². The number of benzene rings is 5. The quantitative estimate of drug-likeness (QED) is 0.281. The van der Waals surface area contributed by atoms with Gasteiger partial charge in [0, 0.05) is 26.9 Å². The Hall–Kier alpha value is -3.55. The molecule has 0 saturated carbocycles. The maximum atomic E-state index is 6.68. The fraction of sp³-hybridized carbons (Fsp3) is 0. The summed E-state index contributed by atoms with van der Waals surface area (Å²) in [5.74, 6) is 0. The number of hydrogen-bond donors (Lipinski definition) is 0. The summed E-state index contributed by atoms with van der Waals surface area (Å²) in [5.41, 5.74) is 6.04. The van der Waals surface area contributed by atoms with E-state index < -0.39 is 0 Å². The Bertz CT molecular complexity index is 1540. The molecule has 0 radical (unpaired) electrons. The summed E-state index contributed by atoms with van der Waals surface area (Å²) < 4.78 is 6.43. The van der Waals surface area contributed by atoms with Gasteiger partial charge in [-0.15, -0.1) is 0 Å². The lowest BCUT2D eigenvalue weighted by Crippen LogP contribution is -1.87. The number of hydrogen-bond acceptors (Lipinski definition) is 1. The van der Waals surface area contributed by atoms with Crippen molar-refractivity contribution in [3.05, 3.63) is 108 Å². The molecule has 0 aliphatic carbocycles. The fourth-order valence-corrected chi connectivity index (χ4v) is 4.63. The first-order valence-electron chi connectivity index (χ1n) is 9.98. The van der Waals surface area contributed by atoms with Gasteiger partial charge >= 0.3 is 0 Å². The van der Waals surface area contributed by atoms with Crippen molar-refractivity contribution >= 4 is 44.3 Å². The van der Waals surface area contributed by atoms with Crippen LogP contribution in [-0.2, 0) is 0 Å². The molecule has 30 heavy (non-hydrogen) atoms. The maximum absolute atomic E-state index is 6.68. The first-order valence-corrected chi connectivity index (χ1v) is 10.4. The van der Waals surface area contributed by atoms with Crippen LogP contribution in [0.2, 0.25) is 5.02 Å². The molecule has 0 fully saturated rings. The van der Waals surface area contributed by atoms with Crippen molar-refractivity contribution in [3.8, 4) is 22.3 Å². The first-order chi connectivity index (χ1) is 14.8. The molecule has 1 nitrogen and oxygen atoms in total. The number of fused-ring (bicyclic) bond motifs is 4. The molecule has 0 aliphatic rings. The first kappa shape index (κ1) is 17.3. The fourth-order valence-electron chi connectivity index (χ4n) is 4.34. The Kier molecular flexibility index (Phi) is 3.90. The third kappa shape index (κ3) is 2.63. The standard InChI is InChI=1S/C28H17ClO/c29-25-15-7-12-21(27(25)18-8-2-1-3-9-18)22-13-6-14-23-24-16-19-10-4-5-11-20(19)17-26(24)30-28(22)23/h1-17H.